The van der Waals surface area contributed by atoms with Gasteiger partial charge in [0.15, 0.2) is 12.4 Å². The van der Waals surface area contributed by atoms with E-state index in [2.05, 4.69) is 10.6 Å². The molecule has 0 radical (unpaired) electrons. The first-order valence-electron chi connectivity index (χ1n) is 7.48. The smallest absolute Gasteiger partial charge is 0.262 e. The Morgan fingerprint density at radius 2 is 2.04 bits per heavy atom. The molecular weight excluding hydrogens is 308 g/mol. The second kappa shape index (κ2) is 6.54. The quantitative estimate of drug-likeness (QED) is 0.827. The summed E-state index contributed by atoms with van der Waals surface area (Å²) in [6.07, 6.45) is 0.313. The van der Waals surface area contributed by atoms with E-state index in [0.29, 0.717) is 23.4 Å². The summed E-state index contributed by atoms with van der Waals surface area (Å²) in [6, 6.07) is 11.9. The van der Waals surface area contributed by atoms with E-state index in [4.69, 9.17) is 4.74 Å². The zero-order chi connectivity index (χ0) is 17.1. The molecule has 0 fully saturated rings. The van der Waals surface area contributed by atoms with Crippen LogP contribution in [-0.4, -0.2) is 24.2 Å². The number of ether oxygens (including phenoxy) is 1. The van der Waals surface area contributed by atoms with Crippen LogP contribution in [-0.2, 0) is 16.0 Å². The van der Waals surface area contributed by atoms with Crippen molar-refractivity contribution >= 4 is 29.0 Å². The molecule has 24 heavy (non-hydrogen) atoms. The van der Waals surface area contributed by atoms with Crippen molar-refractivity contribution in [1.29, 1.82) is 0 Å². The maximum absolute atomic E-state index is 12.0. The molecule has 2 N–H and O–H groups in total. The van der Waals surface area contributed by atoms with Gasteiger partial charge >= 0.3 is 0 Å². The molecule has 2 aromatic carbocycles. The van der Waals surface area contributed by atoms with Gasteiger partial charge in [-0.1, -0.05) is 12.1 Å². The van der Waals surface area contributed by atoms with Gasteiger partial charge in [0.1, 0.15) is 5.75 Å². The fraction of sp³-hybridized carbons (Fsp3) is 0.167. The number of fused-ring (bicyclic) bond motifs is 1. The molecule has 0 aromatic heterocycles. The number of rotatable bonds is 5. The van der Waals surface area contributed by atoms with Crippen LogP contribution < -0.4 is 15.4 Å². The van der Waals surface area contributed by atoms with Crippen molar-refractivity contribution in [3.8, 4) is 5.75 Å². The molecular formula is C18H16N2O4. The Morgan fingerprint density at radius 3 is 2.83 bits per heavy atom. The number of hydrogen-bond donors (Lipinski definition) is 2. The van der Waals surface area contributed by atoms with E-state index in [-0.39, 0.29) is 24.2 Å². The van der Waals surface area contributed by atoms with Gasteiger partial charge < -0.3 is 15.4 Å². The molecule has 0 aliphatic carbocycles. The van der Waals surface area contributed by atoms with Gasteiger partial charge in [-0.25, -0.2) is 0 Å². The van der Waals surface area contributed by atoms with Gasteiger partial charge in [0.05, 0.1) is 6.42 Å². The number of hydrogen-bond acceptors (Lipinski definition) is 4. The molecule has 0 spiro atoms. The zero-order valence-electron chi connectivity index (χ0n) is 13.1. The molecule has 2 amide bonds. The average molecular weight is 324 g/mol. The van der Waals surface area contributed by atoms with Crippen LogP contribution in [0.3, 0.4) is 0 Å². The van der Waals surface area contributed by atoms with Crippen molar-refractivity contribution in [2.24, 2.45) is 0 Å². The first-order valence-corrected chi connectivity index (χ1v) is 7.48. The van der Waals surface area contributed by atoms with Crippen molar-refractivity contribution in [2.75, 3.05) is 17.2 Å². The van der Waals surface area contributed by atoms with Crippen LogP contribution in [0.25, 0.3) is 0 Å². The predicted octanol–water partition coefficient (Wildman–Crippen LogP) is 2.40. The van der Waals surface area contributed by atoms with Gasteiger partial charge in [0.2, 0.25) is 5.91 Å². The molecule has 122 valence electrons. The van der Waals surface area contributed by atoms with Gasteiger partial charge in [-0.2, -0.15) is 0 Å². The summed E-state index contributed by atoms with van der Waals surface area (Å²) >= 11 is 0. The molecule has 2 aromatic rings. The van der Waals surface area contributed by atoms with Crippen molar-refractivity contribution in [3.63, 3.8) is 0 Å². The first-order chi connectivity index (χ1) is 11.5. The molecule has 0 bridgehead atoms. The average Bonchev–Trinajstić information content (AvgIpc) is 2.92. The van der Waals surface area contributed by atoms with Crippen LogP contribution in [0.4, 0.5) is 11.4 Å². The number of carbonyl (C=O) groups is 3. The fourth-order valence-electron chi connectivity index (χ4n) is 2.46. The highest BCUT2D eigenvalue weighted by Gasteiger charge is 2.17. The normalized spacial score (nSPS) is 12.3. The fourth-order valence-corrected chi connectivity index (χ4v) is 2.46. The second-order valence-electron chi connectivity index (χ2n) is 5.52. The number of nitrogens with one attached hydrogen (secondary N) is 2. The Labute approximate surface area is 138 Å². The number of amides is 2. The summed E-state index contributed by atoms with van der Waals surface area (Å²) in [5.41, 5.74) is 2.77. The minimum Gasteiger partial charge on any atom is -0.484 e. The molecule has 6 heteroatoms. The topological polar surface area (TPSA) is 84.5 Å². The summed E-state index contributed by atoms with van der Waals surface area (Å²) < 4.78 is 5.41. The predicted molar refractivity (Wildman–Crippen MR) is 89.3 cm³/mol. The monoisotopic (exact) mass is 324 g/mol. The van der Waals surface area contributed by atoms with Gasteiger partial charge in [-0.05, 0) is 42.8 Å². The summed E-state index contributed by atoms with van der Waals surface area (Å²) in [5, 5.41) is 5.46. The number of anilines is 2. The third-order valence-corrected chi connectivity index (χ3v) is 3.62. The third-order valence-electron chi connectivity index (χ3n) is 3.62. The molecule has 1 aliphatic heterocycles. The number of ketones is 1. The highest BCUT2D eigenvalue weighted by atomic mass is 16.5. The van der Waals surface area contributed by atoms with Crippen LogP contribution in [0.15, 0.2) is 42.5 Å². The van der Waals surface area contributed by atoms with Crippen molar-refractivity contribution < 1.29 is 19.1 Å². The Morgan fingerprint density at radius 1 is 1.21 bits per heavy atom. The Hall–Kier alpha value is -3.15. The summed E-state index contributed by atoms with van der Waals surface area (Å²) in [6.45, 7) is 1.30. The lowest BCUT2D eigenvalue weighted by Gasteiger charge is -2.09. The molecule has 0 saturated heterocycles. The first kappa shape index (κ1) is 15.7. The maximum atomic E-state index is 12.0. The van der Waals surface area contributed by atoms with Crippen LogP contribution in [0.1, 0.15) is 22.8 Å². The summed E-state index contributed by atoms with van der Waals surface area (Å²) in [7, 11) is 0. The van der Waals surface area contributed by atoms with Crippen molar-refractivity contribution in [2.45, 2.75) is 13.3 Å². The Bertz CT molecular complexity index is 830. The molecule has 6 nitrogen and oxygen atoms in total. The van der Waals surface area contributed by atoms with Gasteiger partial charge in [-0.3, -0.25) is 14.4 Å². The lowest BCUT2D eigenvalue weighted by molar-refractivity contribution is -0.118. The van der Waals surface area contributed by atoms with Gasteiger partial charge in [0.25, 0.3) is 5.91 Å². The maximum Gasteiger partial charge on any atom is 0.262 e. The molecule has 3 rings (SSSR count). The lowest BCUT2D eigenvalue weighted by Crippen LogP contribution is -2.20. The third kappa shape index (κ3) is 3.60. The SMILES string of the molecule is CC(=O)c1cccc(OCC(=O)Nc2ccc3c(c2)CC(=O)N3)c1. The Kier molecular flexibility index (Phi) is 4.29. The minimum absolute atomic E-state index is 0.0536. The van der Waals surface area contributed by atoms with Crippen molar-refractivity contribution in [3.05, 3.63) is 53.6 Å². The molecule has 1 aliphatic rings. The van der Waals surface area contributed by atoms with Crippen LogP contribution in [0.2, 0.25) is 0 Å². The van der Waals surface area contributed by atoms with E-state index in [0.717, 1.165) is 11.3 Å². The zero-order valence-corrected chi connectivity index (χ0v) is 13.1. The van der Waals surface area contributed by atoms with E-state index in [1.54, 1.807) is 42.5 Å². The number of carbonyl (C=O) groups excluding carboxylic acids is 3. The largest absolute Gasteiger partial charge is 0.484 e. The van der Waals surface area contributed by atoms with E-state index in [9.17, 15) is 14.4 Å². The van der Waals surface area contributed by atoms with Crippen molar-refractivity contribution in [1.82, 2.24) is 0 Å². The summed E-state index contributed by atoms with van der Waals surface area (Å²) in [5.74, 6) is 0.0235. The van der Waals surface area contributed by atoms with Gasteiger partial charge in [-0.15, -0.1) is 0 Å². The molecule has 0 unspecified atom stereocenters. The van der Waals surface area contributed by atoms with E-state index < -0.39 is 0 Å². The number of benzene rings is 2. The Balaban J connectivity index is 1.58. The van der Waals surface area contributed by atoms with E-state index >= 15 is 0 Å². The van der Waals surface area contributed by atoms with E-state index in [1.165, 1.54) is 6.92 Å². The molecule has 1 heterocycles. The highest BCUT2D eigenvalue weighted by Crippen LogP contribution is 2.26. The van der Waals surface area contributed by atoms with Crippen LogP contribution >= 0.6 is 0 Å². The summed E-state index contributed by atoms with van der Waals surface area (Å²) in [4.78, 5) is 34.6. The standard InChI is InChI=1S/C18H16N2O4/c1-11(21)12-3-2-4-15(8-12)24-10-18(23)19-14-5-6-16-13(7-14)9-17(22)20-16/h2-8H,9-10H2,1H3,(H,19,23)(H,20,22). The van der Waals surface area contributed by atoms with Gasteiger partial charge in [0, 0.05) is 16.9 Å². The number of Topliss-reactive ketones (excluding diaryl/α,β-unsaturated/α-hetero) is 1. The minimum atomic E-state index is -0.319. The lowest BCUT2D eigenvalue weighted by atomic mass is 10.1. The van der Waals surface area contributed by atoms with Crippen LogP contribution in [0, 0.1) is 0 Å². The van der Waals surface area contributed by atoms with Crippen LogP contribution in [0.5, 0.6) is 5.75 Å². The molecule has 0 atom stereocenters. The van der Waals surface area contributed by atoms with E-state index in [1.807, 2.05) is 0 Å². The second-order valence-corrected chi connectivity index (χ2v) is 5.52. The molecule has 0 saturated carbocycles. The highest BCUT2D eigenvalue weighted by molar-refractivity contribution is 6.00.